The van der Waals surface area contributed by atoms with Gasteiger partial charge in [0.15, 0.2) is 0 Å². The Balaban J connectivity index is 1.89. The van der Waals surface area contributed by atoms with Crippen LogP contribution in [0.1, 0.15) is 12.5 Å². The van der Waals surface area contributed by atoms with Gasteiger partial charge in [0.1, 0.15) is 11.6 Å². The molecule has 156 valence electrons. The largest absolute Gasteiger partial charge is 0.497 e. The van der Waals surface area contributed by atoms with Crippen LogP contribution in [0.2, 0.25) is 5.02 Å². The highest BCUT2D eigenvalue weighted by Crippen LogP contribution is 2.25. The topological polar surface area (TPSA) is 59.4 Å². The van der Waals surface area contributed by atoms with E-state index in [4.69, 9.17) is 16.3 Å². The van der Waals surface area contributed by atoms with E-state index in [1.807, 2.05) is 24.3 Å². The zero-order valence-electron chi connectivity index (χ0n) is 16.9. The number of methoxy groups -OCH3 is 1. The van der Waals surface area contributed by atoms with E-state index in [2.05, 4.69) is 10.1 Å². The minimum atomic E-state index is -0.376. The zero-order chi connectivity index (χ0) is 22.0. The van der Waals surface area contributed by atoms with Crippen LogP contribution in [0.4, 0.5) is 10.1 Å². The molecule has 4 rings (SSSR count). The first-order valence-corrected chi connectivity index (χ1v) is 9.90. The predicted molar refractivity (Wildman–Crippen MR) is 122 cm³/mol. The number of hydrogen-bond donors (Lipinski definition) is 1. The molecule has 0 saturated heterocycles. The molecule has 5 nitrogen and oxygen atoms in total. The van der Waals surface area contributed by atoms with Gasteiger partial charge in [-0.1, -0.05) is 11.6 Å². The highest BCUT2D eigenvalue weighted by Gasteiger charge is 2.19. The predicted octanol–water partition coefficient (Wildman–Crippen LogP) is 5.77. The smallest absolute Gasteiger partial charge is 0.280 e. The van der Waals surface area contributed by atoms with Gasteiger partial charge in [0.05, 0.1) is 35.5 Å². The summed E-state index contributed by atoms with van der Waals surface area (Å²) in [6.07, 6.45) is 0. The summed E-state index contributed by atoms with van der Waals surface area (Å²) in [7, 11) is 1.59. The molecule has 4 aromatic rings. The molecule has 1 heterocycles. The fraction of sp³-hybridized carbons (Fsp3) is 0.0833. The maximum absolute atomic E-state index is 13.4. The van der Waals surface area contributed by atoms with Crippen LogP contribution >= 0.6 is 11.6 Å². The first-order valence-electron chi connectivity index (χ1n) is 9.53. The molecule has 1 aromatic heterocycles. The summed E-state index contributed by atoms with van der Waals surface area (Å²) in [6.45, 7) is 1.78. The normalized spacial score (nSPS) is 11.5. The molecule has 0 aliphatic heterocycles. The first-order chi connectivity index (χ1) is 15.0. The number of ether oxygens (including phenoxy) is 1. The van der Waals surface area contributed by atoms with Crippen LogP contribution in [-0.2, 0) is 0 Å². The molecule has 7 heteroatoms. The van der Waals surface area contributed by atoms with E-state index in [0.29, 0.717) is 39.1 Å². The lowest BCUT2D eigenvalue weighted by Crippen LogP contribution is -2.19. The SMILES string of the molecule is COc1ccc(-c2[nH]n(-c3ccc(F)cc3)c(=O)c2C(C)=Nc2ccc(Cl)cc2)cc1. The van der Waals surface area contributed by atoms with Gasteiger partial charge < -0.3 is 4.74 Å². The van der Waals surface area contributed by atoms with Crippen LogP contribution < -0.4 is 10.3 Å². The third kappa shape index (κ3) is 4.29. The summed E-state index contributed by atoms with van der Waals surface area (Å²) in [5.74, 6) is 0.330. The van der Waals surface area contributed by atoms with Crippen molar-refractivity contribution in [3.63, 3.8) is 0 Å². The Hall–Kier alpha value is -3.64. The summed E-state index contributed by atoms with van der Waals surface area (Å²) < 4.78 is 20.0. The molecule has 0 aliphatic carbocycles. The van der Waals surface area contributed by atoms with Crippen molar-refractivity contribution in [3.05, 3.63) is 99.6 Å². The van der Waals surface area contributed by atoms with Gasteiger partial charge in [-0.3, -0.25) is 14.9 Å². The molecular formula is C24H19ClFN3O2. The second kappa shape index (κ2) is 8.62. The van der Waals surface area contributed by atoms with Crippen LogP contribution in [0.5, 0.6) is 5.75 Å². The first kappa shape index (κ1) is 20.6. The van der Waals surface area contributed by atoms with Gasteiger partial charge in [-0.05, 0) is 79.7 Å². The monoisotopic (exact) mass is 435 g/mol. The Kier molecular flexibility index (Phi) is 5.73. The van der Waals surface area contributed by atoms with Gasteiger partial charge in [-0.2, -0.15) is 0 Å². The number of nitrogens with zero attached hydrogens (tertiary/aromatic N) is 2. The van der Waals surface area contributed by atoms with Crippen LogP contribution in [0, 0.1) is 5.82 Å². The van der Waals surface area contributed by atoms with Crippen molar-refractivity contribution >= 4 is 23.0 Å². The number of halogens is 2. The van der Waals surface area contributed by atoms with Crippen molar-refractivity contribution in [3.8, 4) is 22.7 Å². The zero-order valence-corrected chi connectivity index (χ0v) is 17.7. The van der Waals surface area contributed by atoms with Gasteiger partial charge in [0.2, 0.25) is 0 Å². The van der Waals surface area contributed by atoms with Crippen molar-refractivity contribution in [2.75, 3.05) is 7.11 Å². The Bertz CT molecular complexity index is 1290. The molecular weight excluding hydrogens is 417 g/mol. The third-order valence-corrected chi connectivity index (χ3v) is 5.09. The molecule has 0 atom stereocenters. The number of H-pyrrole nitrogens is 1. The average Bonchev–Trinajstić information content (AvgIpc) is 3.13. The molecule has 0 saturated carbocycles. The summed E-state index contributed by atoms with van der Waals surface area (Å²) in [5, 5.41) is 3.76. The Morgan fingerprint density at radius 3 is 2.26 bits per heavy atom. The number of rotatable bonds is 5. The van der Waals surface area contributed by atoms with Crippen LogP contribution in [-0.4, -0.2) is 22.6 Å². The van der Waals surface area contributed by atoms with Gasteiger partial charge in [0, 0.05) is 10.6 Å². The number of aromatic nitrogens is 2. The quantitative estimate of drug-likeness (QED) is 0.404. The van der Waals surface area contributed by atoms with E-state index in [9.17, 15) is 9.18 Å². The lowest BCUT2D eigenvalue weighted by molar-refractivity contribution is 0.415. The highest BCUT2D eigenvalue weighted by atomic mass is 35.5. The van der Waals surface area contributed by atoms with Crippen molar-refractivity contribution in [2.24, 2.45) is 4.99 Å². The summed E-state index contributed by atoms with van der Waals surface area (Å²) in [5.41, 5.74) is 3.27. The summed E-state index contributed by atoms with van der Waals surface area (Å²) >= 11 is 5.96. The Morgan fingerprint density at radius 2 is 1.65 bits per heavy atom. The molecule has 0 spiro atoms. The third-order valence-electron chi connectivity index (χ3n) is 4.84. The fourth-order valence-electron chi connectivity index (χ4n) is 3.28. The number of benzene rings is 3. The molecule has 0 amide bonds. The minimum absolute atomic E-state index is 0.285. The number of nitrogens with one attached hydrogen (secondary N) is 1. The molecule has 0 aliphatic rings. The second-order valence-corrected chi connectivity index (χ2v) is 7.32. The lowest BCUT2D eigenvalue weighted by atomic mass is 10.0. The maximum Gasteiger partial charge on any atom is 0.280 e. The van der Waals surface area contributed by atoms with Crippen LogP contribution in [0.15, 0.2) is 82.6 Å². The number of aromatic amines is 1. The van der Waals surface area contributed by atoms with E-state index < -0.39 is 0 Å². The number of aliphatic imine (C=N–C) groups is 1. The molecule has 31 heavy (non-hydrogen) atoms. The standard InChI is InChI=1S/C24H19ClFN3O2/c1-15(27-19-9-5-17(25)6-10-19)22-23(16-3-13-21(31-2)14-4-16)28-29(24(22)30)20-11-7-18(26)8-12-20/h3-14,28H,1-2H3. The highest BCUT2D eigenvalue weighted by molar-refractivity contribution is 6.30. The van der Waals surface area contributed by atoms with Crippen LogP contribution in [0.3, 0.4) is 0 Å². The summed E-state index contributed by atoms with van der Waals surface area (Å²) in [4.78, 5) is 18.0. The van der Waals surface area contributed by atoms with Gasteiger partial charge in [-0.15, -0.1) is 0 Å². The van der Waals surface area contributed by atoms with E-state index in [-0.39, 0.29) is 11.4 Å². The molecule has 1 N–H and O–H groups in total. The van der Waals surface area contributed by atoms with E-state index in [1.54, 1.807) is 50.4 Å². The van der Waals surface area contributed by atoms with E-state index in [1.165, 1.54) is 16.8 Å². The Morgan fingerprint density at radius 1 is 1.00 bits per heavy atom. The summed E-state index contributed by atoms with van der Waals surface area (Å²) in [6, 6.07) is 20.1. The van der Waals surface area contributed by atoms with Crippen molar-refractivity contribution in [1.82, 2.24) is 9.78 Å². The van der Waals surface area contributed by atoms with Gasteiger partial charge in [-0.25, -0.2) is 9.07 Å². The maximum atomic E-state index is 13.4. The van der Waals surface area contributed by atoms with E-state index >= 15 is 0 Å². The van der Waals surface area contributed by atoms with Gasteiger partial charge >= 0.3 is 0 Å². The van der Waals surface area contributed by atoms with Crippen molar-refractivity contribution < 1.29 is 9.13 Å². The Labute approximate surface area is 183 Å². The molecule has 3 aromatic carbocycles. The fourth-order valence-corrected chi connectivity index (χ4v) is 3.40. The molecule has 0 bridgehead atoms. The lowest BCUT2D eigenvalue weighted by Gasteiger charge is -2.05. The second-order valence-electron chi connectivity index (χ2n) is 6.88. The van der Waals surface area contributed by atoms with Crippen molar-refractivity contribution in [1.29, 1.82) is 0 Å². The molecule has 0 fully saturated rings. The van der Waals surface area contributed by atoms with Crippen molar-refractivity contribution in [2.45, 2.75) is 6.92 Å². The minimum Gasteiger partial charge on any atom is -0.497 e. The molecule has 0 unspecified atom stereocenters. The number of hydrogen-bond acceptors (Lipinski definition) is 3. The van der Waals surface area contributed by atoms with E-state index in [0.717, 1.165) is 5.56 Å². The molecule has 0 radical (unpaired) electrons. The van der Waals surface area contributed by atoms with Gasteiger partial charge in [0.25, 0.3) is 5.56 Å². The van der Waals surface area contributed by atoms with Crippen LogP contribution in [0.25, 0.3) is 16.9 Å². The average molecular weight is 436 g/mol.